The highest BCUT2D eigenvalue weighted by Crippen LogP contribution is 2.23. The van der Waals surface area contributed by atoms with Crippen molar-refractivity contribution >= 4 is 17.4 Å². The van der Waals surface area contributed by atoms with Crippen LogP contribution in [0.3, 0.4) is 0 Å². The van der Waals surface area contributed by atoms with Crippen LogP contribution in [0.15, 0.2) is 18.2 Å². The molecule has 0 radical (unpaired) electrons. The minimum atomic E-state index is -0.134. The van der Waals surface area contributed by atoms with Gasteiger partial charge in [0.05, 0.1) is 5.69 Å². The molecule has 0 bridgehead atoms. The van der Waals surface area contributed by atoms with Gasteiger partial charge in [-0.05, 0) is 37.4 Å². The Morgan fingerprint density at radius 1 is 1.44 bits per heavy atom. The fraction of sp³-hybridized carbons (Fsp3) is 0.571. The largest absolute Gasteiger partial charge is 0.368 e. The SMILES string of the molecule is CCC(CSC)N(C)c1ccc(CNC)cc1F. The second-order valence-electron chi connectivity index (χ2n) is 4.44. The van der Waals surface area contributed by atoms with E-state index in [9.17, 15) is 4.39 Å². The molecule has 102 valence electrons. The van der Waals surface area contributed by atoms with E-state index >= 15 is 0 Å². The molecule has 0 aliphatic rings. The smallest absolute Gasteiger partial charge is 0.146 e. The molecule has 0 amide bonds. The quantitative estimate of drug-likeness (QED) is 0.819. The van der Waals surface area contributed by atoms with Gasteiger partial charge < -0.3 is 10.2 Å². The predicted octanol–water partition coefficient (Wildman–Crippen LogP) is 3.12. The maximum absolute atomic E-state index is 14.1. The van der Waals surface area contributed by atoms with Gasteiger partial charge in [-0.25, -0.2) is 4.39 Å². The summed E-state index contributed by atoms with van der Waals surface area (Å²) in [7, 11) is 3.84. The van der Waals surface area contributed by atoms with Gasteiger partial charge in [0.25, 0.3) is 0 Å². The second-order valence-corrected chi connectivity index (χ2v) is 5.36. The first-order valence-corrected chi connectivity index (χ1v) is 7.68. The van der Waals surface area contributed by atoms with Crippen molar-refractivity contribution in [1.29, 1.82) is 0 Å². The number of anilines is 1. The highest BCUT2D eigenvalue weighted by molar-refractivity contribution is 7.98. The third-order valence-corrected chi connectivity index (χ3v) is 3.87. The van der Waals surface area contributed by atoms with Gasteiger partial charge in [-0.15, -0.1) is 0 Å². The Bertz CT molecular complexity index is 371. The molecule has 0 fully saturated rings. The summed E-state index contributed by atoms with van der Waals surface area (Å²) >= 11 is 1.80. The molecule has 0 aliphatic heterocycles. The summed E-state index contributed by atoms with van der Waals surface area (Å²) in [6.45, 7) is 2.84. The molecule has 0 spiro atoms. The van der Waals surface area contributed by atoms with E-state index in [1.807, 2.05) is 26.2 Å². The van der Waals surface area contributed by atoms with Gasteiger partial charge in [-0.3, -0.25) is 0 Å². The lowest BCUT2D eigenvalue weighted by Crippen LogP contribution is -2.33. The first kappa shape index (κ1) is 15.3. The Morgan fingerprint density at radius 2 is 2.17 bits per heavy atom. The number of hydrogen-bond acceptors (Lipinski definition) is 3. The van der Waals surface area contributed by atoms with Crippen LogP contribution in [0.5, 0.6) is 0 Å². The van der Waals surface area contributed by atoms with Gasteiger partial charge in [0.1, 0.15) is 5.82 Å². The van der Waals surface area contributed by atoms with Crippen molar-refractivity contribution in [2.24, 2.45) is 0 Å². The third kappa shape index (κ3) is 3.89. The Labute approximate surface area is 114 Å². The van der Waals surface area contributed by atoms with Crippen molar-refractivity contribution in [2.45, 2.75) is 25.9 Å². The molecule has 0 saturated heterocycles. The molecule has 1 aromatic carbocycles. The fourth-order valence-corrected chi connectivity index (χ4v) is 2.89. The minimum absolute atomic E-state index is 0.134. The first-order chi connectivity index (χ1) is 8.63. The number of halogens is 1. The summed E-state index contributed by atoms with van der Waals surface area (Å²) in [5.74, 6) is 0.884. The van der Waals surface area contributed by atoms with E-state index in [1.54, 1.807) is 17.8 Å². The molecule has 0 saturated carbocycles. The first-order valence-electron chi connectivity index (χ1n) is 6.28. The van der Waals surface area contributed by atoms with Crippen LogP contribution in [0.25, 0.3) is 0 Å². The van der Waals surface area contributed by atoms with Gasteiger partial charge in [0.15, 0.2) is 0 Å². The van der Waals surface area contributed by atoms with Crippen molar-refractivity contribution in [1.82, 2.24) is 5.32 Å². The van der Waals surface area contributed by atoms with Crippen molar-refractivity contribution in [3.8, 4) is 0 Å². The Kier molecular flexibility index (Phi) is 6.50. The van der Waals surface area contributed by atoms with Crippen LogP contribution in [0.1, 0.15) is 18.9 Å². The highest BCUT2D eigenvalue weighted by Gasteiger charge is 2.16. The monoisotopic (exact) mass is 270 g/mol. The molecule has 1 unspecified atom stereocenters. The zero-order chi connectivity index (χ0) is 13.5. The van der Waals surface area contributed by atoms with E-state index in [0.29, 0.717) is 18.3 Å². The number of benzene rings is 1. The average Bonchev–Trinajstić information content (AvgIpc) is 2.36. The summed E-state index contributed by atoms with van der Waals surface area (Å²) < 4.78 is 14.1. The molecule has 0 aromatic heterocycles. The molecule has 1 atom stereocenters. The Morgan fingerprint density at radius 3 is 2.67 bits per heavy atom. The van der Waals surface area contributed by atoms with Crippen molar-refractivity contribution < 1.29 is 4.39 Å². The number of hydrogen-bond donors (Lipinski definition) is 1. The minimum Gasteiger partial charge on any atom is -0.368 e. The maximum Gasteiger partial charge on any atom is 0.146 e. The third-order valence-electron chi connectivity index (χ3n) is 3.15. The molecular formula is C14H23FN2S. The van der Waals surface area contributed by atoms with E-state index < -0.39 is 0 Å². The lowest BCUT2D eigenvalue weighted by atomic mass is 10.1. The van der Waals surface area contributed by atoms with Gasteiger partial charge >= 0.3 is 0 Å². The molecule has 1 aromatic rings. The van der Waals surface area contributed by atoms with Crippen LogP contribution < -0.4 is 10.2 Å². The molecule has 1 rings (SSSR count). The molecule has 1 N–H and O–H groups in total. The number of nitrogens with zero attached hydrogens (tertiary/aromatic N) is 1. The van der Waals surface area contributed by atoms with Crippen molar-refractivity contribution in [3.05, 3.63) is 29.6 Å². The van der Waals surface area contributed by atoms with Crippen LogP contribution in [-0.2, 0) is 6.54 Å². The van der Waals surface area contributed by atoms with Crippen LogP contribution in [0, 0.1) is 5.82 Å². The van der Waals surface area contributed by atoms with Crippen LogP contribution in [0.4, 0.5) is 10.1 Å². The second kappa shape index (κ2) is 7.64. The zero-order valence-electron chi connectivity index (χ0n) is 11.7. The van der Waals surface area contributed by atoms with E-state index in [1.165, 1.54) is 0 Å². The van der Waals surface area contributed by atoms with Gasteiger partial charge in [-0.1, -0.05) is 13.0 Å². The van der Waals surface area contributed by atoms with E-state index in [2.05, 4.69) is 23.4 Å². The topological polar surface area (TPSA) is 15.3 Å². The molecule has 18 heavy (non-hydrogen) atoms. The van der Waals surface area contributed by atoms with Crippen molar-refractivity contribution in [3.63, 3.8) is 0 Å². The zero-order valence-corrected chi connectivity index (χ0v) is 12.5. The number of rotatable bonds is 7. The maximum atomic E-state index is 14.1. The lowest BCUT2D eigenvalue weighted by molar-refractivity contribution is 0.599. The molecule has 0 heterocycles. The Hall–Kier alpha value is -0.740. The molecule has 2 nitrogen and oxygen atoms in total. The standard InChI is InChI=1S/C14H23FN2S/c1-5-12(10-18-4)17(3)14-7-6-11(9-16-2)8-13(14)15/h6-8,12,16H,5,9-10H2,1-4H3. The van der Waals surface area contributed by atoms with Crippen LogP contribution in [-0.4, -0.2) is 32.1 Å². The fourth-order valence-electron chi connectivity index (χ4n) is 2.04. The van der Waals surface area contributed by atoms with Crippen LogP contribution >= 0.6 is 11.8 Å². The summed E-state index contributed by atoms with van der Waals surface area (Å²) in [6.07, 6.45) is 3.11. The molecule has 4 heteroatoms. The summed E-state index contributed by atoms with van der Waals surface area (Å²) in [5, 5.41) is 3.03. The van der Waals surface area contributed by atoms with Gasteiger partial charge in [-0.2, -0.15) is 11.8 Å². The molecular weight excluding hydrogens is 247 g/mol. The number of nitrogens with one attached hydrogen (secondary N) is 1. The normalized spacial score (nSPS) is 12.5. The summed E-state index contributed by atoms with van der Waals surface area (Å²) in [5.41, 5.74) is 1.67. The molecule has 0 aliphatic carbocycles. The van der Waals surface area contributed by atoms with Gasteiger partial charge in [0.2, 0.25) is 0 Å². The summed E-state index contributed by atoms with van der Waals surface area (Å²) in [6, 6.07) is 5.86. The lowest BCUT2D eigenvalue weighted by Gasteiger charge is -2.29. The highest BCUT2D eigenvalue weighted by atomic mass is 32.2. The summed E-state index contributed by atoms with van der Waals surface area (Å²) in [4.78, 5) is 2.05. The van der Waals surface area contributed by atoms with Gasteiger partial charge in [0, 0.05) is 25.4 Å². The predicted molar refractivity (Wildman–Crippen MR) is 80.0 cm³/mol. The van der Waals surface area contributed by atoms with Crippen molar-refractivity contribution in [2.75, 3.05) is 31.0 Å². The Balaban J connectivity index is 2.87. The van der Waals surface area contributed by atoms with E-state index in [-0.39, 0.29) is 5.82 Å². The van der Waals surface area contributed by atoms with Crippen LogP contribution in [0.2, 0.25) is 0 Å². The van der Waals surface area contributed by atoms with E-state index in [4.69, 9.17) is 0 Å². The number of thioether (sulfide) groups is 1. The average molecular weight is 270 g/mol. The van der Waals surface area contributed by atoms with E-state index in [0.717, 1.165) is 17.7 Å².